The summed E-state index contributed by atoms with van der Waals surface area (Å²) in [5.74, 6) is -0.985. The standard InChI is InChI=1S/C12H12N2O3/c15-11-9-5-2-6-14(9)10-7(12(16)17)3-1-4-8(10)13-11/h1,3-4,9H,2,5-6H2,(H,13,15)(H,16,17). The van der Waals surface area contributed by atoms with Gasteiger partial charge in [-0.2, -0.15) is 0 Å². The molecular formula is C12H12N2O3. The Morgan fingerprint density at radius 2 is 2.29 bits per heavy atom. The van der Waals surface area contributed by atoms with Gasteiger partial charge in [-0.25, -0.2) is 4.79 Å². The summed E-state index contributed by atoms with van der Waals surface area (Å²) in [5, 5.41) is 12.0. The monoisotopic (exact) mass is 232 g/mol. The summed E-state index contributed by atoms with van der Waals surface area (Å²) >= 11 is 0. The van der Waals surface area contributed by atoms with Crippen LogP contribution in [0.3, 0.4) is 0 Å². The first-order valence-corrected chi connectivity index (χ1v) is 5.62. The number of carbonyl (C=O) groups excluding carboxylic acids is 1. The van der Waals surface area contributed by atoms with E-state index in [4.69, 9.17) is 0 Å². The Balaban J connectivity index is 2.19. The van der Waals surface area contributed by atoms with E-state index in [9.17, 15) is 14.7 Å². The molecule has 2 N–H and O–H groups in total. The van der Waals surface area contributed by atoms with Crippen LogP contribution in [0.4, 0.5) is 11.4 Å². The fourth-order valence-corrected chi connectivity index (χ4v) is 2.65. The van der Waals surface area contributed by atoms with E-state index in [1.54, 1.807) is 18.2 Å². The maximum Gasteiger partial charge on any atom is 0.337 e. The molecule has 0 radical (unpaired) electrons. The molecule has 3 rings (SSSR count). The van der Waals surface area contributed by atoms with Gasteiger partial charge in [0.15, 0.2) is 0 Å². The normalized spacial score (nSPS) is 21.8. The molecule has 1 unspecified atom stereocenters. The van der Waals surface area contributed by atoms with Crippen LogP contribution >= 0.6 is 0 Å². The molecule has 0 saturated carbocycles. The number of carboxylic acid groups (broad SMARTS) is 1. The van der Waals surface area contributed by atoms with Gasteiger partial charge in [0.1, 0.15) is 6.04 Å². The number of anilines is 2. The van der Waals surface area contributed by atoms with Crippen LogP contribution in [0.25, 0.3) is 0 Å². The number of nitrogens with zero attached hydrogens (tertiary/aromatic N) is 1. The molecule has 2 heterocycles. The number of amides is 1. The van der Waals surface area contributed by atoms with E-state index in [0.29, 0.717) is 11.4 Å². The van der Waals surface area contributed by atoms with Crippen molar-refractivity contribution in [2.24, 2.45) is 0 Å². The van der Waals surface area contributed by atoms with Gasteiger partial charge in [0, 0.05) is 6.54 Å². The number of aromatic carboxylic acids is 1. The third-order valence-electron chi connectivity index (χ3n) is 3.37. The van der Waals surface area contributed by atoms with Crippen molar-refractivity contribution >= 4 is 23.3 Å². The number of benzene rings is 1. The zero-order valence-corrected chi connectivity index (χ0v) is 9.14. The van der Waals surface area contributed by atoms with Gasteiger partial charge >= 0.3 is 5.97 Å². The summed E-state index contributed by atoms with van der Waals surface area (Å²) in [6.07, 6.45) is 1.71. The van der Waals surface area contributed by atoms with E-state index >= 15 is 0 Å². The van der Waals surface area contributed by atoms with Crippen LogP contribution in [0.5, 0.6) is 0 Å². The number of fused-ring (bicyclic) bond motifs is 3. The molecule has 0 bridgehead atoms. The van der Waals surface area contributed by atoms with Crippen molar-refractivity contribution in [3.05, 3.63) is 23.8 Å². The van der Waals surface area contributed by atoms with Gasteiger partial charge < -0.3 is 15.3 Å². The summed E-state index contributed by atoms with van der Waals surface area (Å²) in [6.45, 7) is 0.745. The summed E-state index contributed by atoms with van der Waals surface area (Å²) in [4.78, 5) is 24.9. The quantitative estimate of drug-likeness (QED) is 0.765. The molecular weight excluding hydrogens is 220 g/mol. The highest BCUT2D eigenvalue weighted by Crippen LogP contribution is 2.39. The highest BCUT2D eigenvalue weighted by atomic mass is 16.4. The molecule has 17 heavy (non-hydrogen) atoms. The Bertz CT molecular complexity index is 512. The van der Waals surface area contributed by atoms with E-state index in [1.165, 1.54) is 0 Å². The Hall–Kier alpha value is -2.04. The highest BCUT2D eigenvalue weighted by molar-refractivity contribution is 6.09. The molecule has 1 saturated heterocycles. The summed E-state index contributed by atoms with van der Waals surface area (Å²) in [6, 6.07) is 4.77. The zero-order chi connectivity index (χ0) is 12.0. The minimum atomic E-state index is -0.955. The van der Waals surface area contributed by atoms with E-state index in [-0.39, 0.29) is 17.5 Å². The smallest absolute Gasteiger partial charge is 0.337 e. The predicted octanol–water partition coefficient (Wildman–Crippen LogP) is 1.31. The Labute approximate surface area is 98.0 Å². The van der Waals surface area contributed by atoms with E-state index in [2.05, 4.69) is 5.32 Å². The van der Waals surface area contributed by atoms with Crippen LogP contribution in [-0.2, 0) is 4.79 Å². The lowest BCUT2D eigenvalue weighted by molar-refractivity contribution is -0.117. The van der Waals surface area contributed by atoms with Gasteiger partial charge in [0.05, 0.1) is 16.9 Å². The first-order chi connectivity index (χ1) is 8.18. The lowest BCUT2D eigenvalue weighted by atomic mass is 10.0. The summed E-state index contributed by atoms with van der Waals surface area (Å²) in [5.41, 5.74) is 1.52. The second-order valence-electron chi connectivity index (χ2n) is 4.35. The zero-order valence-electron chi connectivity index (χ0n) is 9.14. The molecule has 5 nitrogen and oxygen atoms in total. The van der Waals surface area contributed by atoms with Gasteiger partial charge in [-0.05, 0) is 25.0 Å². The summed E-state index contributed by atoms with van der Waals surface area (Å²) < 4.78 is 0. The molecule has 2 aliphatic heterocycles. The average molecular weight is 232 g/mol. The molecule has 88 valence electrons. The number of rotatable bonds is 1. The number of para-hydroxylation sites is 1. The minimum Gasteiger partial charge on any atom is -0.478 e. The van der Waals surface area contributed by atoms with Crippen molar-refractivity contribution in [3.8, 4) is 0 Å². The first-order valence-electron chi connectivity index (χ1n) is 5.62. The van der Waals surface area contributed by atoms with Crippen molar-refractivity contribution in [2.75, 3.05) is 16.8 Å². The van der Waals surface area contributed by atoms with Crippen LogP contribution in [0.2, 0.25) is 0 Å². The minimum absolute atomic E-state index is 0.0301. The summed E-state index contributed by atoms with van der Waals surface area (Å²) in [7, 11) is 0. The maximum atomic E-state index is 11.8. The Morgan fingerprint density at radius 1 is 1.47 bits per heavy atom. The van der Waals surface area contributed by atoms with Crippen molar-refractivity contribution in [1.82, 2.24) is 0 Å². The number of carbonyl (C=O) groups is 2. The first kappa shape index (κ1) is 10.1. The SMILES string of the molecule is O=C(O)c1cccc2c1N1CCCC1C(=O)N2. The lowest BCUT2D eigenvalue weighted by Crippen LogP contribution is -2.44. The fraction of sp³-hybridized carbons (Fsp3) is 0.333. The van der Waals surface area contributed by atoms with Gasteiger partial charge in [-0.1, -0.05) is 6.07 Å². The molecule has 0 spiro atoms. The highest BCUT2D eigenvalue weighted by Gasteiger charge is 2.38. The molecule has 1 amide bonds. The van der Waals surface area contributed by atoms with Crippen LogP contribution in [0.15, 0.2) is 18.2 Å². The molecule has 0 aromatic heterocycles. The van der Waals surface area contributed by atoms with Crippen molar-refractivity contribution < 1.29 is 14.7 Å². The van der Waals surface area contributed by atoms with Gasteiger partial charge in [-0.15, -0.1) is 0 Å². The average Bonchev–Trinajstić information content (AvgIpc) is 2.77. The third-order valence-corrected chi connectivity index (χ3v) is 3.37. The molecule has 1 atom stereocenters. The second kappa shape index (κ2) is 3.48. The van der Waals surface area contributed by atoms with Gasteiger partial charge in [-0.3, -0.25) is 4.79 Å². The molecule has 2 aliphatic rings. The molecule has 0 aliphatic carbocycles. The van der Waals surface area contributed by atoms with Crippen LogP contribution in [0, 0.1) is 0 Å². The largest absolute Gasteiger partial charge is 0.478 e. The Kier molecular flexibility index (Phi) is 2.07. The van der Waals surface area contributed by atoms with Crippen molar-refractivity contribution in [3.63, 3.8) is 0 Å². The van der Waals surface area contributed by atoms with E-state index in [0.717, 1.165) is 19.4 Å². The van der Waals surface area contributed by atoms with Crippen molar-refractivity contribution in [1.29, 1.82) is 0 Å². The number of hydrogen-bond donors (Lipinski definition) is 2. The second-order valence-corrected chi connectivity index (χ2v) is 4.35. The van der Waals surface area contributed by atoms with Crippen LogP contribution in [0.1, 0.15) is 23.2 Å². The van der Waals surface area contributed by atoms with E-state index in [1.807, 2.05) is 4.90 Å². The lowest BCUT2D eigenvalue weighted by Gasteiger charge is -2.33. The van der Waals surface area contributed by atoms with Crippen LogP contribution < -0.4 is 10.2 Å². The maximum absolute atomic E-state index is 11.8. The molecule has 1 fully saturated rings. The molecule has 1 aromatic carbocycles. The third kappa shape index (κ3) is 1.39. The van der Waals surface area contributed by atoms with Gasteiger partial charge in [0.25, 0.3) is 0 Å². The number of carboxylic acids is 1. The Morgan fingerprint density at radius 3 is 3.06 bits per heavy atom. The van der Waals surface area contributed by atoms with Crippen molar-refractivity contribution in [2.45, 2.75) is 18.9 Å². The van der Waals surface area contributed by atoms with Crippen LogP contribution in [-0.4, -0.2) is 29.6 Å². The number of hydrogen-bond acceptors (Lipinski definition) is 3. The molecule has 5 heteroatoms. The fourth-order valence-electron chi connectivity index (χ4n) is 2.65. The van der Waals surface area contributed by atoms with Gasteiger partial charge in [0.2, 0.25) is 5.91 Å². The number of nitrogens with one attached hydrogen (secondary N) is 1. The van der Waals surface area contributed by atoms with E-state index < -0.39 is 5.97 Å². The topological polar surface area (TPSA) is 69.6 Å². The predicted molar refractivity (Wildman–Crippen MR) is 62.4 cm³/mol. The molecule has 1 aromatic rings.